The molecule has 0 aliphatic heterocycles. The Labute approximate surface area is 140 Å². The lowest BCUT2D eigenvalue weighted by Crippen LogP contribution is -2.00. The Morgan fingerprint density at radius 3 is 2.21 bits per heavy atom. The number of nitrogens with one attached hydrogen (secondary N) is 2. The average molecular weight is 343 g/mol. The van der Waals surface area contributed by atoms with Gasteiger partial charge in [0.05, 0.1) is 0 Å². The predicted octanol–water partition coefficient (Wildman–Crippen LogP) is 3.34. The molecule has 0 aliphatic rings. The Morgan fingerprint density at radius 1 is 0.917 bits per heavy atom. The Hall–Kier alpha value is -2.84. The van der Waals surface area contributed by atoms with Gasteiger partial charge in [-0.05, 0) is 65.7 Å². The molecule has 3 aromatic rings. The van der Waals surface area contributed by atoms with Crippen molar-refractivity contribution < 1.29 is 13.2 Å². The van der Waals surface area contributed by atoms with Crippen molar-refractivity contribution in [3.63, 3.8) is 0 Å². The zero-order valence-electron chi connectivity index (χ0n) is 12.3. The molecule has 2 aromatic carbocycles. The van der Waals surface area contributed by atoms with Crippen LogP contribution in [0.4, 0.5) is 27.5 Å². The molecule has 0 fully saturated rings. The molecule has 1 atom stereocenters. The molecule has 3 rings (SSSR count). The molecule has 2 N–H and O–H groups in total. The maximum Gasteiger partial charge on any atom is 0.229 e. The molecule has 0 spiro atoms. The summed E-state index contributed by atoms with van der Waals surface area (Å²) in [7, 11) is 0. The minimum atomic E-state index is -2.26. The maximum absolute atomic E-state index is 12.9. The first-order valence-corrected chi connectivity index (χ1v) is 8.00. The van der Waals surface area contributed by atoms with E-state index in [9.17, 15) is 13.2 Å². The molecule has 1 aromatic heterocycles. The Morgan fingerprint density at radius 2 is 1.54 bits per heavy atom. The number of rotatable bonds is 5. The van der Waals surface area contributed by atoms with Crippen molar-refractivity contribution in [3.05, 3.63) is 66.6 Å². The number of anilines is 4. The molecule has 0 saturated heterocycles. The first-order valence-electron chi connectivity index (χ1n) is 6.92. The van der Waals surface area contributed by atoms with Crippen molar-refractivity contribution in [1.82, 2.24) is 9.97 Å². The van der Waals surface area contributed by atoms with Crippen molar-refractivity contribution >= 4 is 34.2 Å². The molecule has 0 radical (unpaired) electrons. The van der Waals surface area contributed by atoms with Crippen LogP contribution in [0.1, 0.15) is 0 Å². The van der Waals surface area contributed by atoms with Gasteiger partial charge in [-0.1, -0.05) is 0 Å². The van der Waals surface area contributed by atoms with Crippen molar-refractivity contribution in [2.45, 2.75) is 4.90 Å². The van der Waals surface area contributed by atoms with Crippen LogP contribution in [0, 0.1) is 5.82 Å². The third kappa shape index (κ3) is 4.12. The number of hydrogen-bond donors (Lipinski definition) is 2. The monoisotopic (exact) mass is 343 g/mol. The van der Waals surface area contributed by atoms with Crippen LogP contribution in [0.5, 0.6) is 0 Å². The predicted molar refractivity (Wildman–Crippen MR) is 88.6 cm³/mol. The fourth-order valence-corrected chi connectivity index (χ4v) is 2.31. The van der Waals surface area contributed by atoms with Gasteiger partial charge in [0.25, 0.3) is 0 Å². The van der Waals surface area contributed by atoms with Gasteiger partial charge in [0.1, 0.15) is 11.6 Å². The second-order valence-electron chi connectivity index (χ2n) is 4.78. The van der Waals surface area contributed by atoms with Gasteiger partial charge < -0.3 is 15.2 Å². The van der Waals surface area contributed by atoms with Gasteiger partial charge in [0, 0.05) is 22.5 Å². The topological polar surface area (TPSA) is 90.0 Å². The summed E-state index contributed by atoms with van der Waals surface area (Å²) in [5.41, 5.74) is 1.35. The lowest BCUT2D eigenvalue weighted by atomic mass is 10.3. The van der Waals surface area contributed by atoms with Crippen molar-refractivity contribution in [2.75, 3.05) is 10.6 Å². The number of hydrogen-bond acceptors (Lipinski definition) is 6. The van der Waals surface area contributed by atoms with Crippen LogP contribution in [-0.4, -0.2) is 18.7 Å². The van der Waals surface area contributed by atoms with Crippen molar-refractivity contribution in [1.29, 1.82) is 0 Å². The van der Waals surface area contributed by atoms with Gasteiger partial charge in [-0.15, -0.1) is 0 Å². The number of nitrogens with zero attached hydrogens (tertiary/aromatic N) is 2. The molecule has 1 unspecified atom stereocenters. The zero-order valence-corrected chi connectivity index (χ0v) is 13.1. The van der Waals surface area contributed by atoms with Gasteiger partial charge in [0.2, 0.25) is 5.95 Å². The van der Waals surface area contributed by atoms with Gasteiger partial charge in [-0.2, -0.15) is 4.98 Å². The van der Waals surface area contributed by atoms with Gasteiger partial charge in [-0.3, -0.25) is 4.21 Å². The van der Waals surface area contributed by atoms with E-state index in [1.165, 1.54) is 24.3 Å². The Balaban J connectivity index is 1.72. The van der Waals surface area contributed by atoms with Crippen molar-refractivity contribution in [3.8, 4) is 0 Å². The summed E-state index contributed by atoms with van der Waals surface area (Å²) in [4.78, 5) is 8.60. The quantitative estimate of drug-likeness (QED) is 0.691. The van der Waals surface area contributed by atoms with E-state index in [2.05, 4.69) is 20.6 Å². The summed E-state index contributed by atoms with van der Waals surface area (Å²) in [6.45, 7) is 0. The van der Waals surface area contributed by atoms with Crippen LogP contribution in [0.15, 0.2) is 65.7 Å². The minimum Gasteiger partial charge on any atom is -0.768 e. The third-order valence-electron chi connectivity index (χ3n) is 3.08. The average Bonchev–Trinajstić information content (AvgIpc) is 2.58. The van der Waals surface area contributed by atoms with E-state index in [0.717, 1.165) is 0 Å². The summed E-state index contributed by atoms with van der Waals surface area (Å²) >= 11 is -2.26. The molecule has 0 aliphatic carbocycles. The highest BCUT2D eigenvalue weighted by Crippen LogP contribution is 2.18. The van der Waals surface area contributed by atoms with Gasteiger partial charge in [0.15, 0.2) is 0 Å². The Bertz CT molecular complexity index is 857. The van der Waals surface area contributed by atoms with Crippen LogP contribution in [-0.2, 0) is 11.1 Å². The molecular weight excluding hydrogens is 331 g/mol. The zero-order chi connectivity index (χ0) is 16.9. The van der Waals surface area contributed by atoms with Crippen LogP contribution in [0.25, 0.3) is 0 Å². The molecule has 122 valence electrons. The first kappa shape index (κ1) is 16.0. The largest absolute Gasteiger partial charge is 0.768 e. The number of benzene rings is 2. The molecule has 24 heavy (non-hydrogen) atoms. The summed E-state index contributed by atoms with van der Waals surface area (Å²) in [6, 6.07) is 13.8. The second kappa shape index (κ2) is 7.16. The van der Waals surface area contributed by atoms with E-state index in [0.29, 0.717) is 23.1 Å². The standard InChI is InChI=1S/C16H13FN4O2S/c17-11-1-3-12(4-2-11)19-15-9-10-18-16(21-15)20-13-5-7-14(8-6-13)24(22)23/h1-10H,(H,22,23)(H2,18,19,20,21)/p-1. The van der Waals surface area contributed by atoms with E-state index in [1.807, 2.05) is 0 Å². The highest BCUT2D eigenvalue weighted by atomic mass is 32.2. The van der Waals surface area contributed by atoms with E-state index in [4.69, 9.17) is 0 Å². The van der Waals surface area contributed by atoms with E-state index < -0.39 is 11.1 Å². The molecule has 8 heteroatoms. The van der Waals surface area contributed by atoms with E-state index in [-0.39, 0.29) is 10.7 Å². The van der Waals surface area contributed by atoms with Crippen molar-refractivity contribution in [2.24, 2.45) is 0 Å². The highest BCUT2D eigenvalue weighted by molar-refractivity contribution is 7.79. The molecule has 0 saturated carbocycles. The normalized spacial score (nSPS) is 11.8. The molecule has 6 nitrogen and oxygen atoms in total. The van der Waals surface area contributed by atoms with Crippen LogP contribution >= 0.6 is 0 Å². The number of halogens is 1. The van der Waals surface area contributed by atoms with Crippen LogP contribution < -0.4 is 10.6 Å². The summed E-state index contributed by atoms with van der Waals surface area (Å²) in [6.07, 6.45) is 1.57. The maximum atomic E-state index is 12.9. The summed E-state index contributed by atoms with van der Waals surface area (Å²) in [5, 5.41) is 6.02. The highest BCUT2D eigenvalue weighted by Gasteiger charge is 2.02. The van der Waals surface area contributed by atoms with Crippen LogP contribution in [0.3, 0.4) is 0 Å². The first-order chi connectivity index (χ1) is 11.6. The molecule has 0 bridgehead atoms. The van der Waals surface area contributed by atoms with Gasteiger partial charge >= 0.3 is 0 Å². The van der Waals surface area contributed by atoms with E-state index in [1.54, 1.807) is 36.5 Å². The summed E-state index contributed by atoms with van der Waals surface area (Å²) < 4.78 is 34.6. The Kier molecular flexibility index (Phi) is 4.78. The van der Waals surface area contributed by atoms with E-state index >= 15 is 0 Å². The number of aromatic nitrogens is 2. The second-order valence-corrected chi connectivity index (χ2v) is 5.72. The lowest BCUT2D eigenvalue weighted by Gasteiger charge is -2.09. The van der Waals surface area contributed by atoms with Gasteiger partial charge in [-0.25, -0.2) is 9.37 Å². The fourth-order valence-electron chi connectivity index (χ4n) is 1.95. The lowest BCUT2D eigenvalue weighted by molar-refractivity contribution is 0.537. The summed E-state index contributed by atoms with van der Waals surface area (Å²) in [5.74, 6) is 0.572. The fraction of sp³-hybridized carbons (Fsp3) is 0. The minimum absolute atomic E-state index is 0.202. The molecular formula is C16H12FN4O2S-. The smallest absolute Gasteiger partial charge is 0.229 e. The molecule has 0 amide bonds. The molecule has 1 heterocycles. The van der Waals surface area contributed by atoms with Crippen LogP contribution in [0.2, 0.25) is 0 Å². The third-order valence-corrected chi connectivity index (χ3v) is 3.73. The SMILES string of the molecule is O=S([O-])c1ccc(Nc2nccc(Nc3ccc(F)cc3)n2)cc1.